The number of halogens is 2. The molecule has 1 fully saturated rings. The van der Waals surface area contributed by atoms with Crippen LogP contribution in [0.15, 0.2) is 18.2 Å². The van der Waals surface area contributed by atoms with E-state index in [2.05, 4.69) is 0 Å². The van der Waals surface area contributed by atoms with Gasteiger partial charge in [-0.15, -0.1) is 0 Å². The summed E-state index contributed by atoms with van der Waals surface area (Å²) in [5.74, 6) is -0.129. The summed E-state index contributed by atoms with van der Waals surface area (Å²) in [4.78, 5) is 11.8. The monoisotopic (exact) mass is 272 g/mol. The average molecular weight is 273 g/mol. The number of hydrogen-bond acceptors (Lipinski definition) is 2. The molecule has 0 aromatic heterocycles. The highest BCUT2D eigenvalue weighted by Crippen LogP contribution is 2.51. The van der Waals surface area contributed by atoms with Gasteiger partial charge in [-0.25, -0.2) is 0 Å². The zero-order valence-electron chi connectivity index (χ0n) is 9.63. The molecule has 0 atom stereocenters. The van der Waals surface area contributed by atoms with Crippen molar-refractivity contribution in [3.8, 4) is 0 Å². The van der Waals surface area contributed by atoms with E-state index >= 15 is 0 Å². The lowest BCUT2D eigenvalue weighted by Crippen LogP contribution is -2.21. The van der Waals surface area contributed by atoms with Gasteiger partial charge in [-0.2, -0.15) is 0 Å². The van der Waals surface area contributed by atoms with Crippen LogP contribution in [0.3, 0.4) is 0 Å². The second kappa shape index (κ2) is 4.87. The lowest BCUT2D eigenvalue weighted by atomic mass is 9.96. The van der Waals surface area contributed by atoms with Crippen LogP contribution in [0.2, 0.25) is 10.0 Å². The fourth-order valence-electron chi connectivity index (χ4n) is 1.93. The first kappa shape index (κ1) is 12.7. The van der Waals surface area contributed by atoms with Crippen molar-refractivity contribution in [1.82, 2.24) is 0 Å². The van der Waals surface area contributed by atoms with Crippen LogP contribution in [0.1, 0.15) is 25.3 Å². The number of benzene rings is 1. The van der Waals surface area contributed by atoms with Crippen LogP contribution in [-0.2, 0) is 16.0 Å². The van der Waals surface area contributed by atoms with Gasteiger partial charge in [-0.1, -0.05) is 29.3 Å². The predicted octanol–water partition coefficient (Wildman–Crippen LogP) is 3.88. The quantitative estimate of drug-likeness (QED) is 0.778. The molecule has 92 valence electrons. The number of esters is 1. The Bertz CT molecular complexity index is 419. The van der Waals surface area contributed by atoms with Crippen LogP contribution in [0.5, 0.6) is 0 Å². The first-order chi connectivity index (χ1) is 8.09. The molecule has 1 aliphatic rings. The topological polar surface area (TPSA) is 26.3 Å². The largest absolute Gasteiger partial charge is 0.466 e. The Hall–Kier alpha value is -0.730. The second-order valence-corrected chi connectivity index (χ2v) is 5.19. The number of ether oxygens (including phenoxy) is 1. The van der Waals surface area contributed by atoms with Crippen LogP contribution in [0.4, 0.5) is 0 Å². The molecule has 1 saturated carbocycles. The maximum Gasteiger partial charge on any atom is 0.312 e. The molecule has 0 aliphatic heterocycles. The normalized spacial score (nSPS) is 16.6. The van der Waals surface area contributed by atoms with Gasteiger partial charge in [-0.3, -0.25) is 4.79 Å². The predicted molar refractivity (Wildman–Crippen MR) is 68.5 cm³/mol. The summed E-state index contributed by atoms with van der Waals surface area (Å²) in [6.07, 6.45) is 2.28. The van der Waals surface area contributed by atoms with Crippen LogP contribution < -0.4 is 0 Å². The van der Waals surface area contributed by atoms with Crippen molar-refractivity contribution >= 4 is 29.2 Å². The number of carbonyl (C=O) groups excluding carboxylic acids is 1. The van der Waals surface area contributed by atoms with E-state index in [1.807, 2.05) is 6.92 Å². The molecular formula is C13H14Cl2O2. The van der Waals surface area contributed by atoms with Gasteiger partial charge >= 0.3 is 5.97 Å². The molecular weight excluding hydrogens is 259 g/mol. The zero-order valence-corrected chi connectivity index (χ0v) is 11.1. The molecule has 17 heavy (non-hydrogen) atoms. The smallest absolute Gasteiger partial charge is 0.312 e. The molecule has 0 amide bonds. The molecule has 0 unspecified atom stereocenters. The summed E-state index contributed by atoms with van der Waals surface area (Å²) < 4.78 is 5.10. The lowest BCUT2D eigenvalue weighted by molar-refractivity contribution is -0.149. The summed E-state index contributed by atoms with van der Waals surface area (Å²) in [7, 11) is 0. The van der Waals surface area contributed by atoms with Crippen molar-refractivity contribution in [2.24, 2.45) is 5.41 Å². The van der Waals surface area contributed by atoms with Crippen LogP contribution in [-0.4, -0.2) is 12.6 Å². The molecule has 0 N–H and O–H groups in total. The molecule has 0 radical (unpaired) electrons. The van der Waals surface area contributed by atoms with Crippen molar-refractivity contribution in [3.05, 3.63) is 33.8 Å². The SMILES string of the molecule is CCOC(=O)C1(Cc2c(Cl)cccc2Cl)CC1. The van der Waals surface area contributed by atoms with E-state index in [1.54, 1.807) is 18.2 Å². The van der Waals surface area contributed by atoms with Crippen LogP contribution >= 0.6 is 23.2 Å². The summed E-state index contributed by atoms with van der Waals surface area (Å²) in [6, 6.07) is 5.39. The fraction of sp³-hybridized carbons (Fsp3) is 0.462. The Morgan fingerprint density at radius 1 is 1.35 bits per heavy atom. The molecule has 0 saturated heterocycles. The van der Waals surface area contributed by atoms with Crippen molar-refractivity contribution in [2.45, 2.75) is 26.2 Å². The van der Waals surface area contributed by atoms with Gasteiger partial charge in [0.25, 0.3) is 0 Å². The maximum absolute atomic E-state index is 11.8. The molecule has 2 nitrogen and oxygen atoms in total. The third kappa shape index (κ3) is 2.58. The van der Waals surface area contributed by atoms with E-state index < -0.39 is 0 Å². The molecule has 1 aromatic carbocycles. The lowest BCUT2D eigenvalue weighted by Gasteiger charge is -2.15. The van der Waals surface area contributed by atoms with Crippen molar-refractivity contribution < 1.29 is 9.53 Å². The van der Waals surface area contributed by atoms with Gasteiger partial charge in [0.05, 0.1) is 12.0 Å². The van der Waals surface area contributed by atoms with E-state index in [4.69, 9.17) is 27.9 Å². The second-order valence-electron chi connectivity index (χ2n) is 4.38. The van der Waals surface area contributed by atoms with E-state index in [1.165, 1.54) is 0 Å². The maximum atomic E-state index is 11.8. The first-order valence-electron chi connectivity index (χ1n) is 5.69. The average Bonchev–Trinajstić information content (AvgIpc) is 3.05. The highest BCUT2D eigenvalue weighted by molar-refractivity contribution is 6.36. The molecule has 1 aliphatic carbocycles. The minimum atomic E-state index is -0.384. The molecule has 0 spiro atoms. The summed E-state index contributed by atoms with van der Waals surface area (Å²) in [6.45, 7) is 2.23. The molecule has 2 rings (SSSR count). The van der Waals surface area contributed by atoms with Gasteiger partial charge in [0.15, 0.2) is 0 Å². The zero-order chi connectivity index (χ0) is 12.5. The van der Waals surface area contributed by atoms with Gasteiger partial charge in [0.2, 0.25) is 0 Å². The first-order valence-corrected chi connectivity index (χ1v) is 6.45. The Morgan fingerprint density at radius 3 is 2.41 bits per heavy atom. The highest BCUT2D eigenvalue weighted by Gasteiger charge is 2.51. The fourth-order valence-corrected chi connectivity index (χ4v) is 2.46. The summed E-state index contributed by atoms with van der Waals surface area (Å²) in [5, 5.41) is 1.24. The van der Waals surface area contributed by atoms with Gasteiger partial charge < -0.3 is 4.74 Å². The Kier molecular flexibility index (Phi) is 3.64. The van der Waals surface area contributed by atoms with E-state index in [0.717, 1.165) is 18.4 Å². The Labute approximate surface area is 111 Å². The molecule has 4 heteroatoms. The minimum Gasteiger partial charge on any atom is -0.466 e. The van der Waals surface area contributed by atoms with Crippen molar-refractivity contribution in [1.29, 1.82) is 0 Å². The standard InChI is InChI=1S/C13H14Cl2O2/c1-2-17-12(16)13(6-7-13)8-9-10(14)4-3-5-11(9)15/h3-5H,2,6-8H2,1H3. The van der Waals surface area contributed by atoms with Crippen LogP contribution in [0, 0.1) is 5.41 Å². The Morgan fingerprint density at radius 2 is 1.94 bits per heavy atom. The van der Waals surface area contributed by atoms with Crippen molar-refractivity contribution in [2.75, 3.05) is 6.61 Å². The van der Waals surface area contributed by atoms with Crippen molar-refractivity contribution in [3.63, 3.8) is 0 Å². The molecule has 0 bridgehead atoms. The Balaban J connectivity index is 2.18. The van der Waals surface area contributed by atoms with Crippen LogP contribution in [0.25, 0.3) is 0 Å². The number of carbonyl (C=O) groups is 1. The van der Waals surface area contributed by atoms with E-state index in [9.17, 15) is 4.79 Å². The van der Waals surface area contributed by atoms with Gasteiger partial charge in [-0.05, 0) is 43.9 Å². The van der Waals surface area contributed by atoms with Gasteiger partial charge in [0.1, 0.15) is 0 Å². The molecule has 1 aromatic rings. The van der Waals surface area contributed by atoms with Gasteiger partial charge in [0, 0.05) is 10.0 Å². The van der Waals surface area contributed by atoms with E-state index in [-0.39, 0.29) is 11.4 Å². The third-order valence-corrected chi connectivity index (χ3v) is 3.85. The molecule has 0 heterocycles. The minimum absolute atomic E-state index is 0.129. The summed E-state index contributed by atoms with van der Waals surface area (Å²) in [5.41, 5.74) is 0.464. The third-order valence-electron chi connectivity index (χ3n) is 3.14. The van der Waals surface area contributed by atoms with E-state index in [0.29, 0.717) is 23.1 Å². The number of rotatable bonds is 4. The number of hydrogen-bond donors (Lipinski definition) is 0. The highest BCUT2D eigenvalue weighted by atomic mass is 35.5. The summed E-state index contributed by atoms with van der Waals surface area (Å²) >= 11 is 12.2.